The summed E-state index contributed by atoms with van der Waals surface area (Å²) in [6.07, 6.45) is 1.79. The number of pyridine rings is 1. The Morgan fingerprint density at radius 1 is 1.05 bits per heavy atom. The number of anilines is 1. The number of hydrogen-bond acceptors (Lipinski definition) is 3. The molecule has 0 amide bonds. The van der Waals surface area contributed by atoms with E-state index in [1.165, 1.54) is 11.1 Å². The molecule has 19 heavy (non-hydrogen) atoms. The first kappa shape index (κ1) is 11.7. The molecule has 0 unspecified atom stereocenters. The molecular formula is C15H16N4. The van der Waals surface area contributed by atoms with Gasteiger partial charge in [-0.15, -0.1) is 0 Å². The van der Waals surface area contributed by atoms with Crippen molar-refractivity contribution in [1.29, 1.82) is 0 Å². The maximum atomic E-state index is 6.09. The zero-order valence-corrected chi connectivity index (χ0v) is 11.3. The maximum Gasteiger partial charge on any atom is 0.207 e. The number of benzene rings is 1. The molecule has 0 aliphatic carbocycles. The topological polar surface area (TPSA) is 56.7 Å². The normalized spacial score (nSPS) is 11.1. The van der Waals surface area contributed by atoms with Crippen molar-refractivity contribution in [3.8, 4) is 5.69 Å². The van der Waals surface area contributed by atoms with Crippen LogP contribution in [0, 0.1) is 20.8 Å². The van der Waals surface area contributed by atoms with Gasteiger partial charge < -0.3 is 5.73 Å². The van der Waals surface area contributed by atoms with Gasteiger partial charge in [0.2, 0.25) is 5.95 Å². The van der Waals surface area contributed by atoms with Gasteiger partial charge in [0, 0.05) is 6.20 Å². The quantitative estimate of drug-likeness (QED) is 0.724. The van der Waals surface area contributed by atoms with E-state index in [0.29, 0.717) is 5.95 Å². The lowest BCUT2D eigenvalue weighted by Crippen LogP contribution is -2.04. The lowest BCUT2D eigenvalue weighted by Gasteiger charge is -2.11. The van der Waals surface area contributed by atoms with Gasteiger partial charge in [-0.25, -0.2) is 9.97 Å². The molecule has 2 aromatic heterocycles. The summed E-state index contributed by atoms with van der Waals surface area (Å²) < 4.78 is 1.92. The molecule has 3 aromatic rings. The lowest BCUT2D eigenvalue weighted by molar-refractivity contribution is 1.06. The molecule has 0 spiro atoms. The second kappa shape index (κ2) is 4.09. The molecule has 3 rings (SSSR count). The minimum atomic E-state index is 0.477. The van der Waals surface area contributed by atoms with E-state index < -0.39 is 0 Å². The highest BCUT2D eigenvalue weighted by molar-refractivity contribution is 5.80. The molecule has 1 aromatic carbocycles. The predicted octanol–water partition coefficient (Wildman–Crippen LogP) is 2.93. The molecule has 0 atom stereocenters. The van der Waals surface area contributed by atoms with E-state index in [4.69, 9.17) is 5.73 Å². The smallest absolute Gasteiger partial charge is 0.207 e. The SMILES string of the molecule is Cc1cccc(-n2c(N)nc3c(C)ccnc32)c1C. The Bertz CT molecular complexity index is 771. The van der Waals surface area contributed by atoms with Gasteiger partial charge in [0.25, 0.3) is 0 Å². The van der Waals surface area contributed by atoms with Crippen LogP contribution in [-0.4, -0.2) is 14.5 Å². The molecule has 2 heterocycles. The van der Waals surface area contributed by atoms with Crippen molar-refractivity contribution in [1.82, 2.24) is 14.5 Å². The number of hydrogen-bond donors (Lipinski definition) is 1. The predicted molar refractivity (Wildman–Crippen MR) is 77.5 cm³/mol. The van der Waals surface area contributed by atoms with E-state index in [-0.39, 0.29) is 0 Å². The van der Waals surface area contributed by atoms with Crippen molar-refractivity contribution in [3.63, 3.8) is 0 Å². The summed E-state index contributed by atoms with van der Waals surface area (Å²) in [5.41, 5.74) is 12.3. The van der Waals surface area contributed by atoms with Crippen molar-refractivity contribution < 1.29 is 0 Å². The minimum absolute atomic E-state index is 0.477. The van der Waals surface area contributed by atoms with Gasteiger partial charge in [-0.05, 0) is 49.6 Å². The van der Waals surface area contributed by atoms with Gasteiger partial charge in [-0.1, -0.05) is 12.1 Å². The third-order valence-electron chi connectivity index (χ3n) is 3.59. The third kappa shape index (κ3) is 1.68. The molecule has 0 saturated carbocycles. The fourth-order valence-corrected chi connectivity index (χ4v) is 2.33. The summed E-state index contributed by atoms with van der Waals surface area (Å²) >= 11 is 0. The molecule has 0 saturated heterocycles. The van der Waals surface area contributed by atoms with Gasteiger partial charge in [0.1, 0.15) is 5.52 Å². The van der Waals surface area contributed by atoms with Gasteiger partial charge in [0.15, 0.2) is 5.65 Å². The zero-order valence-electron chi connectivity index (χ0n) is 11.3. The van der Waals surface area contributed by atoms with Gasteiger partial charge in [-0.3, -0.25) is 4.57 Å². The summed E-state index contributed by atoms with van der Waals surface area (Å²) in [5, 5.41) is 0. The molecule has 4 nitrogen and oxygen atoms in total. The first-order chi connectivity index (χ1) is 9.09. The first-order valence-electron chi connectivity index (χ1n) is 6.25. The van der Waals surface area contributed by atoms with Crippen molar-refractivity contribution in [2.24, 2.45) is 0 Å². The van der Waals surface area contributed by atoms with E-state index in [9.17, 15) is 0 Å². The molecule has 0 aliphatic heterocycles. The summed E-state index contributed by atoms with van der Waals surface area (Å²) in [4.78, 5) is 8.87. The van der Waals surface area contributed by atoms with Crippen LogP contribution in [0.15, 0.2) is 30.5 Å². The van der Waals surface area contributed by atoms with Gasteiger partial charge in [0.05, 0.1) is 5.69 Å². The highest BCUT2D eigenvalue weighted by Crippen LogP contribution is 2.26. The molecule has 0 radical (unpaired) electrons. The van der Waals surface area contributed by atoms with Crippen molar-refractivity contribution in [2.45, 2.75) is 20.8 Å². The Balaban J connectivity index is 2.40. The Labute approximate surface area is 111 Å². The molecule has 96 valence electrons. The number of fused-ring (bicyclic) bond motifs is 1. The van der Waals surface area contributed by atoms with Crippen LogP contribution in [0.1, 0.15) is 16.7 Å². The number of nitrogens with two attached hydrogens (primary N) is 1. The van der Waals surface area contributed by atoms with Gasteiger partial charge >= 0.3 is 0 Å². The standard InChI is InChI=1S/C15H16N4/c1-9-5-4-6-12(11(9)3)19-14-13(18-15(19)16)10(2)7-8-17-14/h4-8H,1-3H3,(H2,16,18). The fourth-order valence-electron chi connectivity index (χ4n) is 2.33. The molecule has 0 aliphatic rings. The summed E-state index contributed by atoms with van der Waals surface area (Å²) in [6, 6.07) is 8.11. The minimum Gasteiger partial charge on any atom is -0.369 e. The fraction of sp³-hybridized carbons (Fsp3) is 0.200. The highest BCUT2D eigenvalue weighted by Gasteiger charge is 2.14. The van der Waals surface area contributed by atoms with Crippen LogP contribution >= 0.6 is 0 Å². The van der Waals surface area contributed by atoms with E-state index in [1.807, 2.05) is 29.7 Å². The number of aromatic nitrogens is 3. The zero-order chi connectivity index (χ0) is 13.6. The maximum absolute atomic E-state index is 6.09. The second-order valence-corrected chi connectivity index (χ2v) is 4.82. The summed E-state index contributed by atoms with van der Waals surface area (Å²) in [7, 11) is 0. The molecular weight excluding hydrogens is 236 g/mol. The average Bonchev–Trinajstić information content (AvgIpc) is 2.71. The Morgan fingerprint density at radius 2 is 1.84 bits per heavy atom. The summed E-state index contributed by atoms with van der Waals surface area (Å²) in [5.74, 6) is 0.477. The van der Waals surface area contributed by atoms with Crippen LogP contribution < -0.4 is 5.73 Å². The number of nitrogen functional groups attached to an aromatic ring is 1. The van der Waals surface area contributed by atoms with Crippen LogP contribution in [0.4, 0.5) is 5.95 Å². The third-order valence-corrected chi connectivity index (χ3v) is 3.59. The Hall–Kier alpha value is -2.36. The van der Waals surface area contributed by atoms with E-state index >= 15 is 0 Å². The molecule has 4 heteroatoms. The lowest BCUT2D eigenvalue weighted by atomic mass is 10.1. The Kier molecular flexibility index (Phi) is 2.52. The molecule has 0 bridgehead atoms. The van der Waals surface area contributed by atoms with Crippen molar-refractivity contribution >= 4 is 17.1 Å². The van der Waals surface area contributed by atoms with Crippen LogP contribution in [0.5, 0.6) is 0 Å². The van der Waals surface area contributed by atoms with Crippen LogP contribution in [0.25, 0.3) is 16.9 Å². The van der Waals surface area contributed by atoms with Gasteiger partial charge in [-0.2, -0.15) is 0 Å². The summed E-state index contributed by atoms with van der Waals surface area (Å²) in [6.45, 7) is 6.20. The van der Waals surface area contributed by atoms with E-state index in [1.54, 1.807) is 6.20 Å². The number of aryl methyl sites for hydroxylation is 2. The Morgan fingerprint density at radius 3 is 2.63 bits per heavy atom. The number of nitrogens with zero attached hydrogens (tertiary/aromatic N) is 3. The largest absolute Gasteiger partial charge is 0.369 e. The number of imidazole rings is 1. The van der Waals surface area contributed by atoms with Crippen molar-refractivity contribution in [3.05, 3.63) is 47.2 Å². The van der Waals surface area contributed by atoms with E-state index in [0.717, 1.165) is 22.4 Å². The first-order valence-corrected chi connectivity index (χ1v) is 6.25. The van der Waals surface area contributed by atoms with Crippen LogP contribution in [0.2, 0.25) is 0 Å². The van der Waals surface area contributed by atoms with Crippen LogP contribution in [0.3, 0.4) is 0 Å². The highest BCUT2D eigenvalue weighted by atomic mass is 15.2. The van der Waals surface area contributed by atoms with E-state index in [2.05, 4.69) is 29.9 Å². The monoisotopic (exact) mass is 252 g/mol. The molecule has 0 fully saturated rings. The van der Waals surface area contributed by atoms with Crippen LogP contribution in [-0.2, 0) is 0 Å². The van der Waals surface area contributed by atoms with Crippen molar-refractivity contribution in [2.75, 3.05) is 5.73 Å². The number of rotatable bonds is 1. The average molecular weight is 252 g/mol. The second-order valence-electron chi connectivity index (χ2n) is 4.82. The molecule has 2 N–H and O–H groups in total.